The number of pyridine rings is 1. The van der Waals surface area contributed by atoms with E-state index in [1.54, 1.807) is 26.1 Å². The molecule has 186 valence electrons. The van der Waals surface area contributed by atoms with Crippen molar-refractivity contribution in [2.75, 3.05) is 18.5 Å². The Bertz CT molecular complexity index is 1080. The first-order valence-corrected chi connectivity index (χ1v) is 11.7. The van der Waals surface area contributed by atoms with E-state index in [4.69, 9.17) is 9.47 Å². The maximum atomic E-state index is 12.9. The van der Waals surface area contributed by atoms with Crippen molar-refractivity contribution in [3.8, 4) is 11.5 Å². The molecule has 1 aliphatic heterocycles. The summed E-state index contributed by atoms with van der Waals surface area (Å²) in [5.74, 6) is -2.60. The number of phenols is 1. The molecule has 1 aromatic carbocycles. The highest BCUT2D eigenvalue weighted by Crippen LogP contribution is 2.31. The number of aryl methyl sites for hydroxylation is 1. The first-order valence-electron chi connectivity index (χ1n) is 11.7. The molecule has 0 amide bonds. The average molecular weight is 483 g/mol. The van der Waals surface area contributed by atoms with Crippen molar-refractivity contribution in [2.24, 2.45) is 5.92 Å². The number of aromatic nitrogens is 1. The molecule has 0 spiro atoms. The number of hydrogen-bond donors (Lipinski definition) is 2. The number of esters is 1. The highest BCUT2D eigenvalue weighted by Gasteiger charge is 2.27. The first-order chi connectivity index (χ1) is 16.8. The third-order valence-electron chi connectivity index (χ3n) is 6.00. The van der Waals surface area contributed by atoms with Gasteiger partial charge in [0.15, 0.2) is 0 Å². The Morgan fingerprint density at radius 2 is 1.86 bits per heavy atom. The van der Waals surface area contributed by atoms with Crippen LogP contribution in [0.2, 0.25) is 0 Å². The van der Waals surface area contributed by atoms with Gasteiger partial charge in [0.05, 0.1) is 6.54 Å². The lowest BCUT2D eigenvalue weighted by Gasteiger charge is -2.22. The molecule has 0 aliphatic carbocycles. The summed E-state index contributed by atoms with van der Waals surface area (Å²) in [5, 5.41) is 13.8. The molecule has 2 heterocycles. The zero-order valence-electron chi connectivity index (χ0n) is 19.9. The zero-order valence-corrected chi connectivity index (χ0v) is 19.9. The van der Waals surface area contributed by atoms with Gasteiger partial charge in [-0.2, -0.15) is 0 Å². The molecule has 0 bridgehead atoms. The van der Waals surface area contributed by atoms with Crippen LogP contribution < -0.4 is 10.1 Å². The molecule has 0 fully saturated rings. The summed E-state index contributed by atoms with van der Waals surface area (Å²) in [7, 11) is 0. The van der Waals surface area contributed by atoms with Crippen LogP contribution in [0, 0.1) is 5.92 Å². The summed E-state index contributed by atoms with van der Waals surface area (Å²) in [6, 6.07) is 8.47. The van der Waals surface area contributed by atoms with Crippen LogP contribution in [0.3, 0.4) is 0 Å². The molecule has 1 aromatic heterocycles. The molecular weight excluding hydrogens is 452 g/mol. The molecular formula is C26H30N2O7. The maximum absolute atomic E-state index is 12.9. The third-order valence-corrected chi connectivity index (χ3v) is 6.00. The number of benzene rings is 1. The molecule has 2 atom stereocenters. The summed E-state index contributed by atoms with van der Waals surface area (Å²) in [6.07, 6.45) is 1.61. The Morgan fingerprint density at radius 1 is 1.09 bits per heavy atom. The number of aromatic hydroxyl groups is 1. The number of anilines is 1. The predicted molar refractivity (Wildman–Crippen MR) is 128 cm³/mol. The van der Waals surface area contributed by atoms with Crippen molar-refractivity contribution >= 4 is 29.1 Å². The lowest BCUT2D eigenvalue weighted by molar-refractivity contribution is -0.144. The summed E-state index contributed by atoms with van der Waals surface area (Å²) < 4.78 is 11.3. The van der Waals surface area contributed by atoms with E-state index in [2.05, 4.69) is 10.3 Å². The van der Waals surface area contributed by atoms with Crippen molar-refractivity contribution in [3.63, 3.8) is 0 Å². The van der Waals surface area contributed by atoms with Gasteiger partial charge in [0, 0.05) is 25.1 Å². The van der Waals surface area contributed by atoms with Gasteiger partial charge in [0.1, 0.15) is 35.6 Å². The van der Waals surface area contributed by atoms with Crippen LogP contribution in [0.5, 0.6) is 11.5 Å². The van der Waals surface area contributed by atoms with Gasteiger partial charge in [-0.1, -0.05) is 13.0 Å². The molecule has 2 aromatic rings. The zero-order chi connectivity index (χ0) is 25.4. The molecule has 0 radical (unpaired) electrons. The number of nitrogens with zero attached hydrogens (tertiary/aromatic N) is 1. The number of fused-ring (bicyclic) bond motifs is 1. The van der Waals surface area contributed by atoms with Crippen molar-refractivity contribution in [2.45, 2.75) is 52.1 Å². The van der Waals surface area contributed by atoms with Crippen LogP contribution in [-0.4, -0.2) is 52.7 Å². The standard InChI is InChI=1S/C26H30N2O7/c1-16-9-10-21(30)25(32)20(29)7-5-6-18-14-19(15-22(31)24(18)26(33)35-17(16)2)34-13-12-28-23-8-3-4-11-27-23/h3-4,8,11,14-17,31H,5-7,9-10,12-13H2,1-2H3,(H,27,28)/t16-,17+/m1/s1. The molecule has 35 heavy (non-hydrogen) atoms. The van der Waals surface area contributed by atoms with Crippen molar-refractivity contribution < 1.29 is 33.8 Å². The summed E-state index contributed by atoms with van der Waals surface area (Å²) >= 11 is 0. The SMILES string of the molecule is C[C@@H]1CCC(=O)C(=O)C(=O)CCCc2cc(OCCNc3ccccn3)cc(O)c2C(=O)O[C@H]1C. The third kappa shape index (κ3) is 7.11. The predicted octanol–water partition coefficient (Wildman–Crippen LogP) is 3.28. The fourth-order valence-electron chi connectivity index (χ4n) is 3.75. The largest absolute Gasteiger partial charge is 0.507 e. The summed E-state index contributed by atoms with van der Waals surface area (Å²) in [6.45, 7) is 4.20. The number of nitrogens with one attached hydrogen (secondary N) is 1. The number of hydrogen-bond acceptors (Lipinski definition) is 9. The Kier molecular flexibility index (Phi) is 8.94. The Balaban J connectivity index is 1.78. The molecule has 0 saturated heterocycles. The average Bonchev–Trinajstić information content (AvgIpc) is 2.84. The second-order valence-electron chi connectivity index (χ2n) is 8.62. The molecule has 0 unspecified atom stereocenters. The highest BCUT2D eigenvalue weighted by atomic mass is 16.5. The minimum atomic E-state index is -0.987. The van der Waals surface area contributed by atoms with Gasteiger partial charge in [-0.3, -0.25) is 14.4 Å². The van der Waals surface area contributed by atoms with Gasteiger partial charge in [0.2, 0.25) is 11.6 Å². The van der Waals surface area contributed by atoms with E-state index >= 15 is 0 Å². The van der Waals surface area contributed by atoms with Crippen LogP contribution in [0.1, 0.15) is 55.5 Å². The number of cyclic esters (lactones) is 1. The number of carbonyl (C=O) groups excluding carboxylic acids is 4. The Morgan fingerprint density at radius 3 is 2.60 bits per heavy atom. The Labute approximate surface area is 203 Å². The van der Waals surface area contributed by atoms with Crippen LogP contribution in [0.15, 0.2) is 36.5 Å². The minimum absolute atomic E-state index is 0.00919. The van der Waals surface area contributed by atoms with Crippen molar-refractivity contribution in [3.05, 3.63) is 47.7 Å². The topological polar surface area (TPSA) is 132 Å². The Hall–Kier alpha value is -3.75. The lowest BCUT2D eigenvalue weighted by atomic mass is 9.94. The first kappa shape index (κ1) is 25.9. The maximum Gasteiger partial charge on any atom is 0.342 e. The lowest BCUT2D eigenvalue weighted by Crippen LogP contribution is -2.27. The molecule has 9 nitrogen and oxygen atoms in total. The van der Waals surface area contributed by atoms with Crippen LogP contribution >= 0.6 is 0 Å². The van der Waals surface area contributed by atoms with E-state index in [1.165, 1.54) is 6.07 Å². The quantitative estimate of drug-likeness (QED) is 0.374. The van der Waals surface area contributed by atoms with E-state index < -0.39 is 29.4 Å². The fraction of sp³-hybridized carbons (Fsp3) is 0.423. The minimum Gasteiger partial charge on any atom is -0.507 e. The van der Waals surface area contributed by atoms with Gasteiger partial charge in [-0.15, -0.1) is 0 Å². The van der Waals surface area contributed by atoms with Gasteiger partial charge >= 0.3 is 5.97 Å². The summed E-state index contributed by atoms with van der Waals surface area (Å²) in [4.78, 5) is 53.5. The van der Waals surface area contributed by atoms with Crippen LogP contribution in [-0.2, 0) is 25.5 Å². The smallest absolute Gasteiger partial charge is 0.342 e. The number of carbonyl (C=O) groups is 4. The normalized spacial score (nSPS) is 19.9. The van der Waals surface area contributed by atoms with Gasteiger partial charge in [-0.05, 0) is 55.9 Å². The second kappa shape index (κ2) is 12.1. The van der Waals surface area contributed by atoms with E-state index in [0.29, 0.717) is 30.1 Å². The number of ketones is 3. The fourth-order valence-corrected chi connectivity index (χ4v) is 3.75. The van der Waals surface area contributed by atoms with Crippen molar-refractivity contribution in [1.82, 2.24) is 4.98 Å². The van der Waals surface area contributed by atoms with E-state index in [9.17, 15) is 24.3 Å². The van der Waals surface area contributed by atoms with Gasteiger partial charge in [-0.25, -0.2) is 9.78 Å². The van der Waals surface area contributed by atoms with Gasteiger partial charge in [0.25, 0.3) is 5.78 Å². The molecule has 2 N–H and O–H groups in total. The molecule has 9 heteroatoms. The molecule has 1 aliphatic rings. The van der Waals surface area contributed by atoms with Crippen LogP contribution in [0.25, 0.3) is 0 Å². The van der Waals surface area contributed by atoms with E-state index in [-0.39, 0.29) is 49.5 Å². The van der Waals surface area contributed by atoms with Gasteiger partial charge < -0.3 is 19.9 Å². The number of ether oxygens (including phenoxy) is 2. The molecule has 3 rings (SSSR count). The summed E-state index contributed by atoms with van der Waals surface area (Å²) in [5.41, 5.74) is 0.445. The highest BCUT2D eigenvalue weighted by molar-refractivity contribution is 6.63. The van der Waals surface area contributed by atoms with E-state index in [0.717, 1.165) is 0 Å². The van der Waals surface area contributed by atoms with Crippen LogP contribution in [0.4, 0.5) is 5.82 Å². The van der Waals surface area contributed by atoms with Crippen molar-refractivity contribution in [1.29, 1.82) is 0 Å². The molecule has 0 saturated carbocycles. The number of phenolic OH excluding ortho intramolecular Hbond substituents is 1. The number of Topliss-reactive ketones (excluding diaryl/α,β-unsaturated/α-hetero) is 3. The second-order valence-corrected chi connectivity index (χ2v) is 8.62. The number of rotatable bonds is 5. The monoisotopic (exact) mass is 482 g/mol. The van der Waals surface area contributed by atoms with E-state index in [1.807, 2.05) is 18.2 Å².